The lowest BCUT2D eigenvalue weighted by atomic mass is 9.93. The van der Waals surface area contributed by atoms with E-state index in [4.69, 9.17) is 9.47 Å². The summed E-state index contributed by atoms with van der Waals surface area (Å²) in [7, 11) is 0. The monoisotopic (exact) mass is 303 g/mol. The van der Waals surface area contributed by atoms with Gasteiger partial charge in [0.25, 0.3) is 0 Å². The number of rotatable bonds is 1. The molecule has 2 atom stereocenters. The third-order valence-corrected chi connectivity index (χ3v) is 4.36. The van der Waals surface area contributed by atoms with Crippen LogP contribution < -0.4 is 5.32 Å². The van der Waals surface area contributed by atoms with Crippen LogP contribution in [0.2, 0.25) is 0 Å². The van der Waals surface area contributed by atoms with Gasteiger partial charge in [-0.3, -0.25) is 14.9 Å². The summed E-state index contributed by atoms with van der Waals surface area (Å²) in [6, 6.07) is 6.18. The van der Waals surface area contributed by atoms with Gasteiger partial charge in [-0.1, -0.05) is 12.1 Å². The third kappa shape index (κ3) is 2.02. The van der Waals surface area contributed by atoms with Crippen LogP contribution in [0, 0.1) is 5.82 Å². The number of halogens is 1. The lowest BCUT2D eigenvalue weighted by molar-refractivity contribution is -0.157. The van der Waals surface area contributed by atoms with E-state index >= 15 is 0 Å². The summed E-state index contributed by atoms with van der Waals surface area (Å²) in [5.41, 5.74) is 0.514. The van der Waals surface area contributed by atoms with E-state index in [0.29, 0.717) is 18.6 Å². The second-order valence-electron chi connectivity index (χ2n) is 5.85. The highest BCUT2D eigenvalue weighted by atomic mass is 19.1. The number of benzene rings is 1. The molecule has 0 amide bonds. The first-order valence-corrected chi connectivity index (χ1v) is 7.25. The molecule has 0 aromatic heterocycles. The molecule has 1 aromatic carbocycles. The Morgan fingerprint density at radius 1 is 1.18 bits per heavy atom. The molecule has 1 spiro atoms. The summed E-state index contributed by atoms with van der Waals surface area (Å²) in [5.74, 6) is -1.19. The molecule has 2 bridgehead atoms. The predicted molar refractivity (Wildman–Crippen MR) is 73.6 cm³/mol. The van der Waals surface area contributed by atoms with Crippen molar-refractivity contribution in [3.63, 3.8) is 0 Å². The smallest absolute Gasteiger partial charge is 0.322 e. The lowest BCUT2D eigenvalue weighted by Crippen LogP contribution is -2.51. The fourth-order valence-corrected chi connectivity index (χ4v) is 3.44. The highest BCUT2D eigenvalue weighted by molar-refractivity contribution is 5.94. The van der Waals surface area contributed by atoms with Gasteiger partial charge in [-0.05, 0) is 30.5 Å². The Morgan fingerprint density at radius 3 is 2.73 bits per heavy atom. The standard InChI is InChI=1S/C16H14FNO4/c17-10-3-1-9(2-4-10)12-7-11-5-6-16(18-11)15(12)21-13(19)8-14(20)22-16/h1-4,11,18H,5-8H2. The maximum Gasteiger partial charge on any atom is 0.322 e. The van der Waals surface area contributed by atoms with Crippen molar-refractivity contribution in [2.24, 2.45) is 0 Å². The molecule has 114 valence electrons. The van der Waals surface area contributed by atoms with E-state index in [1.165, 1.54) is 12.1 Å². The zero-order chi connectivity index (χ0) is 15.3. The second-order valence-corrected chi connectivity index (χ2v) is 5.85. The maximum atomic E-state index is 13.1. The van der Waals surface area contributed by atoms with E-state index in [1.54, 1.807) is 12.1 Å². The van der Waals surface area contributed by atoms with Gasteiger partial charge < -0.3 is 9.47 Å². The molecule has 4 rings (SSSR count). The SMILES string of the molecule is O=C1CC(=O)OC23CCC(CC(c4ccc(F)cc4)=C2O1)N3. The minimum absolute atomic E-state index is 0.147. The Morgan fingerprint density at radius 2 is 1.95 bits per heavy atom. The first kappa shape index (κ1) is 13.5. The Kier molecular flexibility index (Phi) is 2.84. The van der Waals surface area contributed by atoms with Crippen molar-refractivity contribution in [2.45, 2.75) is 37.5 Å². The Labute approximate surface area is 126 Å². The number of carbonyl (C=O) groups is 2. The molecule has 5 nitrogen and oxygen atoms in total. The average molecular weight is 303 g/mol. The van der Waals surface area contributed by atoms with Crippen molar-refractivity contribution in [3.8, 4) is 0 Å². The maximum absolute atomic E-state index is 13.1. The number of hydrogen-bond acceptors (Lipinski definition) is 5. The van der Waals surface area contributed by atoms with Crippen molar-refractivity contribution < 1.29 is 23.5 Å². The number of carbonyl (C=O) groups excluding carboxylic acids is 2. The van der Waals surface area contributed by atoms with Gasteiger partial charge in [0.15, 0.2) is 5.76 Å². The highest BCUT2D eigenvalue weighted by Crippen LogP contribution is 2.45. The molecule has 22 heavy (non-hydrogen) atoms. The van der Waals surface area contributed by atoms with Gasteiger partial charge in [0.1, 0.15) is 12.2 Å². The normalized spacial score (nSPS) is 30.5. The second kappa shape index (κ2) is 4.64. The van der Waals surface area contributed by atoms with E-state index in [9.17, 15) is 14.0 Å². The van der Waals surface area contributed by atoms with E-state index < -0.39 is 24.1 Å². The van der Waals surface area contributed by atoms with Crippen LogP contribution in [0.4, 0.5) is 4.39 Å². The van der Waals surface area contributed by atoms with Crippen LogP contribution in [-0.2, 0) is 19.1 Å². The van der Waals surface area contributed by atoms with Gasteiger partial charge in [-0.25, -0.2) is 4.39 Å². The van der Waals surface area contributed by atoms with Gasteiger partial charge in [0.2, 0.25) is 5.72 Å². The summed E-state index contributed by atoms with van der Waals surface area (Å²) in [6.45, 7) is 0. The Hall–Kier alpha value is -2.21. The minimum atomic E-state index is -1.06. The first-order valence-electron chi connectivity index (χ1n) is 7.25. The third-order valence-electron chi connectivity index (χ3n) is 4.36. The number of nitrogens with one attached hydrogen (secondary N) is 1. The largest absolute Gasteiger partial charge is 0.436 e. The molecule has 2 saturated heterocycles. The number of ether oxygens (including phenoxy) is 2. The van der Waals surface area contributed by atoms with Gasteiger partial charge in [0.05, 0.1) is 0 Å². The molecule has 3 aliphatic heterocycles. The molecule has 0 aliphatic carbocycles. The van der Waals surface area contributed by atoms with E-state index in [2.05, 4.69) is 5.32 Å². The lowest BCUT2D eigenvalue weighted by Gasteiger charge is -2.35. The molecule has 0 radical (unpaired) electrons. The molecular weight excluding hydrogens is 289 g/mol. The number of fused-ring (bicyclic) bond motifs is 1. The fraction of sp³-hybridized carbons (Fsp3) is 0.375. The molecule has 1 aromatic rings. The van der Waals surface area contributed by atoms with Crippen molar-refractivity contribution in [1.29, 1.82) is 0 Å². The van der Waals surface area contributed by atoms with Crippen LogP contribution in [0.15, 0.2) is 30.0 Å². The molecule has 6 heteroatoms. The van der Waals surface area contributed by atoms with Crippen LogP contribution in [0.1, 0.15) is 31.2 Å². The minimum Gasteiger partial charge on any atom is -0.436 e. The fourth-order valence-electron chi connectivity index (χ4n) is 3.44. The number of esters is 2. The topological polar surface area (TPSA) is 64.6 Å². The van der Waals surface area contributed by atoms with Gasteiger partial charge in [-0.15, -0.1) is 0 Å². The summed E-state index contributed by atoms with van der Waals surface area (Å²) in [5, 5.41) is 3.26. The molecule has 2 unspecified atom stereocenters. The summed E-state index contributed by atoms with van der Waals surface area (Å²) < 4.78 is 24.1. The summed E-state index contributed by atoms with van der Waals surface area (Å²) >= 11 is 0. The zero-order valence-corrected chi connectivity index (χ0v) is 11.7. The highest BCUT2D eigenvalue weighted by Gasteiger charge is 2.53. The molecule has 0 saturated carbocycles. The van der Waals surface area contributed by atoms with E-state index in [0.717, 1.165) is 17.6 Å². The van der Waals surface area contributed by atoms with E-state index in [-0.39, 0.29) is 11.9 Å². The van der Waals surface area contributed by atoms with Crippen molar-refractivity contribution >= 4 is 17.5 Å². The molecule has 1 N–H and O–H groups in total. The van der Waals surface area contributed by atoms with Crippen LogP contribution in [0.25, 0.3) is 5.57 Å². The van der Waals surface area contributed by atoms with Crippen molar-refractivity contribution in [3.05, 3.63) is 41.4 Å². The van der Waals surface area contributed by atoms with Crippen LogP contribution in [0.3, 0.4) is 0 Å². The molecule has 3 aliphatic rings. The van der Waals surface area contributed by atoms with Crippen molar-refractivity contribution in [2.75, 3.05) is 0 Å². The van der Waals surface area contributed by atoms with Gasteiger partial charge in [-0.2, -0.15) is 0 Å². The Bertz CT molecular complexity index is 697. The van der Waals surface area contributed by atoms with E-state index in [1.807, 2.05) is 0 Å². The molecular formula is C16H14FNO4. The predicted octanol–water partition coefficient (Wildman–Crippen LogP) is 1.88. The Balaban J connectivity index is 1.87. The van der Waals surface area contributed by atoms with Crippen LogP contribution in [-0.4, -0.2) is 23.7 Å². The van der Waals surface area contributed by atoms with Crippen molar-refractivity contribution in [1.82, 2.24) is 5.32 Å². The quantitative estimate of drug-likeness (QED) is 0.634. The van der Waals surface area contributed by atoms with Crippen LogP contribution in [0.5, 0.6) is 0 Å². The first-order chi connectivity index (χ1) is 10.6. The molecule has 2 fully saturated rings. The average Bonchev–Trinajstić information content (AvgIpc) is 2.74. The summed E-state index contributed by atoms with van der Waals surface area (Å²) in [4.78, 5) is 23.6. The zero-order valence-electron chi connectivity index (χ0n) is 11.7. The van der Waals surface area contributed by atoms with Crippen LogP contribution >= 0.6 is 0 Å². The molecule has 3 heterocycles. The number of hydrogen-bond donors (Lipinski definition) is 1. The van der Waals surface area contributed by atoms with Gasteiger partial charge >= 0.3 is 11.9 Å². The van der Waals surface area contributed by atoms with Gasteiger partial charge in [0, 0.05) is 18.0 Å². The summed E-state index contributed by atoms with van der Waals surface area (Å²) in [6.07, 6.45) is 1.64.